The molecule has 3 aromatic rings. The molecule has 0 aromatic heterocycles. The normalized spacial score (nSPS) is 10.6. The minimum Gasteiger partial charge on any atom is -0.422 e. The van der Waals surface area contributed by atoms with Crippen LogP contribution in [-0.2, 0) is 0 Å². The number of nitro groups is 1. The van der Waals surface area contributed by atoms with E-state index in [0.29, 0.717) is 15.6 Å². The van der Waals surface area contributed by atoms with Crippen LogP contribution in [0.4, 0.5) is 5.69 Å². The predicted molar refractivity (Wildman–Crippen MR) is 118 cm³/mol. The lowest BCUT2D eigenvalue weighted by molar-refractivity contribution is -0.384. The maximum Gasteiger partial charge on any atom is 0.343 e. The summed E-state index contributed by atoms with van der Waals surface area (Å²) in [6, 6.07) is 17.1. The average Bonchev–Trinajstić information content (AvgIpc) is 2.75. The summed E-state index contributed by atoms with van der Waals surface area (Å²) in [6.07, 6.45) is 1.36. The van der Waals surface area contributed by atoms with Crippen molar-refractivity contribution < 1.29 is 19.2 Å². The topological polar surface area (TPSA) is 111 Å². The fourth-order valence-corrected chi connectivity index (χ4v) is 2.98. The molecule has 1 amide bonds. The number of amides is 1. The summed E-state index contributed by atoms with van der Waals surface area (Å²) in [7, 11) is 0. The fourth-order valence-electron chi connectivity index (χ4n) is 2.60. The molecule has 31 heavy (non-hydrogen) atoms. The summed E-state index contributed by atoms with van der Waals surface area (Å²) in [4.78, 5) is 34.8. The van der Waals surface area contributed by atoms with Gasteiger partial charge in [0.25, 0.3) is 11.6 Å². The van der Waals surface area contributed by atoms with Gasteiger partial charge in [-0.25, -0.2) is 10.2 Å². The number of hydrazone groups is 1. The first-order valence-electron chi connectivity index (χ1n) is 9.00. The van der Waals surface area contributed by atoms with E-state index in [0.717, 1.165) is 5.56 Å². The second kappa shape index (κ2) is 9.77. The van der Waals surface area contributed by atoms with Gasteiger partial charge < -0.3 is 4.74 Å². The third-order valence-corrected chi connectivity index (χ3v) is 4.63. The highest BCUT2D eigenvalue weighted by atomic mass is 79.9. The Hall–Kier alpha value is -3.85. The van der Waals surface area contributed by atoms with Crippen LogP contribution >= 0.6 is 15.9 Å². The smallest absolute Gasteiger partial charge is 0.343 e. The summed E-state index contributed by atoms with van der Waals surface area (Å²) in [5.74, 6) is -0.852. The van der Waals surface area contributed by atoms with Gasteiger partial charge >= 0.3 is 5.97 Å². The van der Waals surface area contributed by atoms with Crippen molar-refractivity contribution in [1.82, 2.24) is 5.43 Å². The molecule has 0 heterocycles. The van der Waals surface area contributed by atoms with Crippen molar-refractivity contribution in [3.8, 4) is 5.75 Å². The van der Waals surface area contributed by atoms with E-state index in [1.165, 1.54) is 30.5 Å². The van der Waals surface area contributed by atoms with Gasteiger partial charge in [-0.05, 0) is 49.4 Å². The molecular weight excluding hydrogens is 466 g/mol. The van der Waals surface area contributed by atoms with Crippen molar-refractivity contribution in [2.45, 2.75) is 6.92 Å². The van der Waals surface area contributed by atoms with Crippen LogP contribution in [0.5, 0.6) is 5.75 Å². The van der Waals surface area contributed by atoms with Crippen LogP contribution in [0.15, 0.2) is 76.3 Å². The van der Waals surface area contributed by atoms with E-state index in [1.807, 2.05) is 13.0 Å². The van der Waals surface area contributed by atoms with Gasteiger partial charge in [0.1, 0.15) is 5.75 Å². The van der Waals surface area contributed by atoms with E-state index in [2.05, 4.69) is 26.5 Å². The summed E-state index contributed by atoms with van der Waals surface area (Å²) < 4.78 is 6.13. The Kier molecular flexibility index (Phi) is 6.88. The molecule has 0 aliphatic carbocycles. The van der Waals surface area contributed by atoms with Crippen molar-refractivity contribution in [2.24, 2.45) is 5.10 Å². The Morgan fingerprint density at radius 2 is 1.81 bits per heavy atom. The number of rotatable bonds is 6. The molecular formula is C22H16BrN3O5. The van der Waals surface area contributed by atoms with Gasteiger partial charge in [0, 0.05) is 27.7 Å². The fraction of sp³-hybridized carbons (Fsp3) is 0.0455. The van der Waals surface area contributed by atoms with Crippen LogP contribution in [0.3, 0.4) is 0 Å². The number of hydrogen-bond donors (Lipinski definition) is 1. The first-order valence-corrected chi connectivity index (χ1v) is 9.79. The molecule has 3 rings (SSSR count). The number of carbonyl (C=O) groups is 2. The molecule has 9 heteroatoms. The highest BCUT2D eigenvalue weighted by Crippen LogP contribution is 2.23. The van der Waals surface area contributed by atoms with Gasteiger partial charge in [-0.1, -0.05) is 33.6 Å². The Labute approximate surface area is 185 Å². The van der Waals surface area contributed by atoms with Crippen molar-refractivity contribution in [3.05, 3.63) is 104 Å². The number of benzene rings is 3. The number of halogens is 1. The van der Waals surface area contributed by atoms with E-state index in [-0.39, 0.29) is 22.9 Å². The Balaban J connectivity index is 1.74. The van der Waals surface area contributed by atoms with Gasteiger partial charge in [-0.2, -0.15) is 5.10 Å². The van der Waals surface area contributed by atoms with Crippen molar-refractivity contribution in [2.75, 3.05) is 0 Å². The van der Waals surface area contributed by atoms with E-state index >= 15 is 0 Å². The van der Waals surface area contributed by atoms with Crippen LogP contribution in [0.25, 0.3) is 0 Å². The molecule has 0 saturated heterocycles. The molecule has 0 spiro atoms. The number of nitrogens with zero attached hydrogens (tertiary/aromatic N) is 2. The summed E-state index contributed by atoms with van der Waals surface area (Å²) in [6.45, 7) is 1.88. The minimum atomic E-state index is -0.685. The summed E-state index contributed by atoms with van der Waals surface area (Å²) >= 11 is 3.34. The van der Waals surface area contributed by atoms with Crippen LogP contribution < -0.4 is 10.2 Å². The third-order valence-electron chi connectivity index (χ3n) is 4.14. The second-order valence-corrected chi connectivity index (χ2v) is 7.36. The molecule has 0 fully saturated rings. The summed E-state index contributed by atoms with van der Waals surface area (Å²) in [5.41, 5.74) is 4.32. The zero-order valence-electron chi connectivity index (χ0n) is 16.2. The molecule has 156 valence electrons. The Morgan fingerprint density at radius 1 is 1.06 bits per heavy atom. The average molecular weight is 482 g/mol. The predicted octanol–water partition coefficient (Wildman–Crippen LogP) is 4.65. The number of esters is 1. The third kappa shape index (κ3) is 5.83. The number of non-ortho nitro benzene ring substituents is 1. The van der Waals surface area contributed by atoms with E-state index in [9.17, 15) is 19.7 Å². The highest BCUT2D eigenvalue weighted by molar-refractivity contribution is 9.10. The van der Waals surface area contributed by atoms with Gasteiger partial charge in [0.2, 0.25) is 0 Å². The van der Waals surface area contributed by atoms with Crippen molar-refractivity contribution in [1.29, 1.82) is 0 Å². The zero-order valence-corrected chi connectivity index (χ0v) is 17.8. The quantitative estimate of drug-likeness (QED) is 0.181. The molecule has 0 radical (unpaired) electrons. The van der Waals surface area contributed by atoms with Crippen LogP contribution in [0.2, 0.25) is 0 Å². The summed E-state index contributed by atoms with van der Waals surface area (Å²) in [5, 5.41) is 14.7. The van der Waals surface area contributed by atoms with E-state index in [4.69, 9.17) is 4.74 Å². The van der Waals surface area contributed by atoms with Gasteiger partial charge in [0.15, 0.2) is 0 Å². The molecule has 1 N–H and O–H groups in total. The molecule has 0 atom stereocenters. The van der Waals surface area contributed by atoms with Gasteiger partial charge in [-0.15, -0.1) is 0 Å². The van der Waals surface area contributed by atoms with Gasteiger partial charge in [0.05, 0.1) is 16.7 Å². The second-order valence-electron chi connectivity index (χ2n) is 6.44. The van der Waals surface area contributed by atoms with Crippen molar-refractivity contribution in [3.63, 3.8) is 0 Å². The highest BCUT2D eigenvalue weighted by Gasteiger charge is 2.14. The number of nitro benzene ring substituents is 1. The number of nitrogens with one attached hydrogen (secondary N) is 1. The lowest BCUT2D eigenvalue weighted by Gasteiger charge is -2.08. The standard InChI is InChI=1S/C22H16BrN3O5/c1-14-3-2-4-16(11-14)21(27)25-24-13-17-12-18(23)7-10-20(17)31-22(28)15-5-8-19(9-6-15)26(29)30/h2-13H,1H3,(H,25,27)/b24-13-. The van der Waals surface area contributed by atoms with Crippen molar-refractivity contribution >= 4 is 39.7 Å². The number of hydrogen-bond acceptors (Lipinski definition) is 6. The molecule has 8 nitrogen and oxygen atoms in total. The molecule has 0 aliphatic rings. The number of carbonyl (C=O) groups excluding carboxylic acids is 2. The Morgan fingerprint density at radius 3 is 2.48 bits per heavy atom. The van der Waals surface area contributed by atoms with Crippen LogP contribution in [-0.4, -0.2) is 23.0 Å². The molecule has 0 saturated carbocycles. The largest absolute Gasteiger partial charge is 0.422 e. The Bertz CT molecular complexity index is 1180. The monoisotopic (exact) mass is 481 g/mol. The molecule has 0 bridgehead atoms. The maximum absolute atomic E-state index is 12.4. The first kappa shape index (κ1) is 21.8. The van der Waals surface area contributed by atoms with E-state index < -0.39 is 10.9 Å². The number of ether oxygens (including phenoxy) is 1. The van der Waals surface area contributed by atoms with Crippen LogP contribution in [0.1, 0.15) is 31.8 Å². The molecule has 0 unspecified atom stereocenters. The zero-order chi connectivity index (χ0) is 22.4. The lowest BCUT2D eigenvalue weighted by Crippen LogP contribution is -2.17. The van der Waals surface area contributed by atoms with Gasteiger partial charge in [-0.3, -0.25) is 14.9 Å². The SMILES string of the molecule is Cc1cccc(C(=O)N/N=C\c2cc(Br)ccc2OC(=O)c2ccc([N+](=O)[O-])cc2)c1. The molecule has 3 aromatic carbocycles. The minimum absolute atomic E-state index is 0.127. The maximum atomic E-state index is 12.4. The van der Waals surface area contributed by atoms with E-state index in [1.54, 1.807) is 36.4 Å². The van der Waals surface area contributed by atoms with Crippen LogP contribution in [0, 0.1) is 17.0 Å². The first-order chi connectivity index (χ1) is 14.8. The number of aryl methyl sites for hydroxylation is 1. The molecule has 0 aliphatic heterocycles. The lowest BCUT2D eigenvalue weighted by atomic mass is 10.1.